The summed E-state index contributed by atoms with van der Waals surface area (Å²) in [6.45, 7) is 0.421. The van der Waals surface area contributed by atoms with Gasteiger partial charge in [-0.05, 0) is 42.5 Å². The van der Waals surface area contributed by atoms with Gasteiger partial charge in [0.1, 0.15) is 24.0 Å². The largest absolute Gasteiger partial charge is 0.486 e. The van der Waals surface area contributed by atoms with Crippen molar-refractivity contribution in [3.63, 3.8) is 0 Å². The van der Waals surface area contributed by atoms with Gasteiger partial charge in [-0.25, -0.2) is 14.8 Å². The van der Waals surface area contributed by atoms with Crippen LogP contribution >= 0.6 is 22.9 Å². The first kappa shape index (κ1) is 20.0. The summed E-state index contributed by atoms with van der Waals surface area (Å²) in [4.78, 5) is 25.1. The van der Waals surface area contributed by atoms with E-state index >= 15 is 0 Å². The number of esters is 1. The van der Waals surface area contributed by atoms with Gasteiger partial charge in [-0.15, -0.1) is 11.3 Å². The molecule has 0 amide bonds. The number of hydrogen-bond acceptors (Lipinski definition) is 7. The molecule has 0 saturated heterocycles. The summed E-state index contributed by atoms with van der Waals surface area (Å²) in [7, 11) is 0. The number of carbonyl (C=O) groups excluding carboxylic acids is 1. The number of ether oxygens (including phenoxy) is 2. The third kappa shape index (κ3) is 5.40. The lowest BCUT2D eigenvalue weighted by Gasteiger charge is -2.03. The molecule has 30 heavy (non-hydrogen) atoms. The molecule has 0 bridgehead atoms. The number of benzene rings is 2. The molecule has 0 radical (unpaired) electrons. The summed E-state index contributed by atoms with van der Waals surface area (Å²) in [5.74, 6) is 0.237. The normalized spacial score (nSPS) is 11.1. The summed E-state index contributed by atoms with van der Waals surface area (Å²) < 4.78 is 10.9. The molecule has 2 aromatic heterocycles. The molecule has 0 aliphatic rings. The monoisotopic (exact) mass is 437 g/mol. The molecule has 0 aliphatic heterocycles. The Kier molecular flexibility index (Phi) is 6.32. The molecule has 0 spiro atoms. The van der Waals surface area contributed by atoms with E-state index < -0.39 is 5.97 Å². The number of hydrogen-bond donors (Lipinski definition) is 0. The van der Waals surface area contributed by atoms with Gasteiger partial charge in [0.25, 0.3) is 0 Å². The number of fused-ring (bicyclic) bond motifs is 1. The molecule has 2 heterocycles. The average Bonchev–Trinajstić information content (AvgIpc) is 3.23. The molecule has 150 valence electrons. The number of thiazole rings is 1. The van der Waals surface area contributed by atoms with Crippen LogP contribution in [0.15, 0.2) is 66.2 Å². The number of para-hydroxylation sites is 2. The molecule has 0 N–H and O–H groups in total. The van der Waals surface area contributed by atoms with Crippen LogP contribution < -0.4 is 4.74 Å². The Balaban J connectivity index is 1.27. The van der Waals surface area contributed by atoms with Crippen molar-refractivity contribution in [3.05, 3.63) is 87.6 Å². The van der Waals surface area contributed by atoms with Gasteiger partial charge in [-0.3, -0.25) is 4.98 Å². The Bertz CT molecular complexity index is 1190. The van der Waals surface area contributed by atoms with Crippen LogP contribution in [0.4, 0.5) is 0 Å². The Morgan fingerprint density at radius 2 is 1.83 bits per heavy atom. The average molecular weight is 438 g/mol. The van der Waals surface area contributed by atoms with Gasteiger partial charge < -0.3 is 9.47 Å². The number of nitrogens with zero attached hydrogens (tertiary/aromatic N) is 3. The molecule has 0 aliphatic carbocycles. The summed E-state index contributed by atoms with van der Waals surface area (Å²) >= 11 is 7.30. The van der Waals surface area contributed by atoms with Gasteiger partial charge in [0.05, 0.1) is 28.6 Å². The van der Waals surface area contributed by atoms with Crippen LogP contribution in [0.5, 0.6) is 5.75 Å². The van der Waals surface area contributed by atoms with E-state index in [1.165, 1.54) is 17.4 Å². The topological polar surface area (TPSA) is 74.2 Å². The first-order valence-electron chi connectivity index (χ1n) is 9.04. The van der Waals surface area contributed by atoms with Gasteiger partial charge in [-0.1, -0.05) is 23.7 Å². The lowest BCUT2D eigenvalue weighted by Crippen LogP contribution is -2.02. The third-order valence-electron chi connectivity index (χ3n) is 3.99. The second kappa shape index (κ2) is 9.47. The predicted molar refractivity (Wildman–Crippen MR) is 116 cm³/mol. The molecule has 6 nitrogen and oxygen atoms in total. The lowest BCUT2D eigenvalue weighted by molar-refractivity contribution is -0.139. The fourth-order valence-corrected chi connectivity index (χ4v) is 3.37. The molecule has 0 atom stereocenters. The van der Waals surface area contributed by atoms with Crippen LogP contribution in [0.1, 0.15) is 16.4 Å². The Hall–Kier alpha value is -3.29. The Morgan fingerprint density at radius 3 is 2.67 bits per heavy atom. The van der Waals surface area contributed by atoms with E-state index in [9.17, 15) is 4.79 Å². The maximum Gasteiger partial charge on any atom is 0.331 e. The zero-order chi connectivity index (χ0) is 20.8. The van der Waals surface area contributed by atoms with Crippen LogP contribution in [-0.4, -0.2) is 20.9 Å². The summed E-state index contributed by atoms with van der Waals surface area (Å²) in [5, 5.41) is 3.28. The van der Waals surface area contributed by atoms with Crippen LogP contribution in [0, 0.1) is 0 Å². The highest BCUT2D eigenvalue weighted by Gasteiger charge is 2.06. The highest BCUT2D eigenvalue weighted by Crippen LogP contribution is 2.18. The minimum atomic E-state index is -0.475. The van der Waals surface area contributed by atoms with E-state index in [0.717, 1.165) is 16.0 Å². The van der Waals surface area contributed by atoms with Crippen LogP contribution in [-0.2, 0) is 22.7 Å². The highest BCUT2D eigenvalue weighted by atomic mass is 35.5. The molecular formula is C22H16ClN3O3S. The van der Waals surface area contributed by atoms with Crippen LogP contribution in [0.2, 0.25) is 5.02 Å². The first-order valence-corrected chi connectivity index (χ1v) is 10.3. The summed E-state index contributed by atoms with van der Waals surface area (Å²) in [6.07, 6.45) is 4.52. The van der Waals surface area contributed by atoms with Gasteiger partial charge >= 0.3 is 5.97 Å². The SMILES string of the molecule is O=C(/C=C/c1cnc2ccccc2n1)OCc1csc(COc2ccc(Cl)cc2)n1. The second-order valence-electron chi connectivity index (χ2n) is 6.20. The summed E-state index contributed by atoms with van der Waals surface area (Å²) in [6, 6.07) is 14.7. The van der Waals surface area contributed by atoms with Gasteiger partial charge in [0.15, 0.2) is 0 Å². The molecule has 4 rings (SSSR count). The first-order chi connectivity index (χ1) is 14.7. The van der Waals surface area contributed by atoms with Crippen molar-refractivity contribution in [2.24, 2.45) is 0 Å². The quantitative estimate of drug-likeness (QED) is 0.296. The number of rotatable bonds is 7. The van der Waals surface area contributed by atoms with E-state index in [2.05, 4.69) is 15.0 Å². The molecule has 0 unspecified atom stereocenters. The van der Waals surface area contributed by atoms with Crippen molar-refractivity contribution in [2.45, 2.75) is 13.2 Å². The number of carbonyl (C=O) groups is 1. The number of aromatic nitrogens is 3. The maximum absolute atomic E-state index is 12.0. The lowest BCUT2D eigenvalue weighted by atomic mass is 10.3. The zero-order valence-corrected chi connectivity index (χ0v) is 17.3. The van der Waals surface area contributed by atoms with Crippen LogP contribution in [0.25, 0.3) is 17.1 Å². The third-order valence-corrected chi connectivity index (χ3v) is 5.12. The summed E-state index contributed by atoms with van der Waals surface area (Å²) in [5.41, 5.74) is 2.82. The van der Waals surface area contributed by atoms with E-state index in [1.807, 2.05) is 29.6 Å². The van der Waals surface area contributed by atoms with Gasteiger partial charge in [-0.2, -0.15) is 0 Å². The van der Waals surface area contributed by atoms with Crippen molar-refractivity contribution in [1.82, 2.24) is 15.0 Å². The molecule has 2 aromatic carbocycles. The minimum Gasteiger partial charge on any atom is -0.486 e. The van der Waals surface area contributed by atoms with E-state index in [4.69, 9.17) is 21.1 Å². The second-order valence-corrected chi connectivity index (χ2v) is 7.58. The fraction of sp³-hybridized carbons (Fsp3) is 0.0909. The van der Waals surface area contributed by atoms with E-state index in [0.29, 0.717) is 28.8 Å². The standard InChI is InChI=1S/C22H16ClN3O3S/c23-15-5-8-18(9-6-15)28-13-21-26-17(14-30-21)12-29-22(27)10-7-16-11-24-19-3-1-2-4-20(19)25-16/h1-11,14H,12-13H2/b10-7+. The molecule has 0 fully saturated rings. The maximum atomic E-state index is 12.0. The minimum absolute atomic E-state index is 0.0873. The van der Waals surface area contributed by atoms with Crippen molar-refractivity contribution >= 4 is 46.0 Å². The smallest absolute Gasteiger partial charge is 0.331 e. The Morgan fingerprint density at radius 1 is 1.03 bits per heavy atom. The van der Waals surface area contributed by atoms with Crippen LogP contribution in [0.3, 0.4) is 0 Å². The van der Waals surface area contributed by atoms with Gasteiger partial charge in [0, 0.05) is 16.5 Å². The highest BCUT2D eigenvalue weighted by molar-refractivity contribution is 7.09. The van der Waals surface area contributed by atoms with Crippen molar-refractivity contribution in [1.29, 1.82) is 0 Å². The molecule has 4 aromatic rings. The van der Waals surface area contributed by atoms with Crippen molar-refractivity contribution in [2.75, 3.05) is 0 Å². The van der Waals surface area contributed by atoms with E-state index in [1.54, 1.807) is 36.5 Å². The molecular weight excluding hydrogens is 422 g/mol. The Labute approximate surface area is 181 Å². The van der Waals surface area contributed by atoms with Crippen molar-refractivity contribution < 1.29 is 14.3 Å². The molecule has 8 heteroatoms. The predicted octanol–water partition coefficient (Wildman–Crippen LogP) is 5.08. The molecule has 0 saturated carbocycles. The van der Waals surface area contributed by atoms with Gasteiger partial charge in [0.2, 0.25) is 0 Å². The number of halogens is 1. The van der Waals surface area contributed by atoms with Crippen molar-refractivity contribution in [3.8, 4) is 5.75 Å². The van der Waals surface area contributed by atoms with E-state index in [-0.39, 0.29) is 6.61 Å². The zero-order valence-electron chi connectivity index (χ0n) is 15.7. The fourth-order valence-electron chi connectivity index (χ4n) is 2.56.